The Kier molecular flexibility index (Phi) is 8.63. The van der Waals surface area contributed by atoms with Crippen LogP contribution in [-0.2, 0) is 11.0 Å². The SMILES string of the molecule is Cc1ccc(N2CCC(CCCC(=O)N3CCC(Nc4ccc(C#N)c(C(F)(F)F)c4)CC3)CC2)cc1. The number of carbonyl (C=O) groups is 1. The largest absolute Gasteiger partial charge is 0.417 e. The topological polar surface area (TPSA) is 59.4 Å². The molecule has 0 atom stereocenters. The normalized spacial score (nSPS) is 17.5. The smallest absolute Gasteiger partial charge is 0.382 e. The van der Waals surface area contributed by atoms with E-state index in [1.807, 2.05) is 4.90 Å². The number of rotatable bonds is 7. The molecule has 0 aromatic heterocycles. The maximum absolute atomic E-state index is 13.2. The van der Waals surface area contributed by atoms with Gasteiger partial charge in [0.25, 0.3) is 0 Å². The van der Waals surface area contributed by atoms with Crippen molar-refractivity contribution in [1.29, 1.82) is 5.26 Å². The van der Waals surface area contributed by atoms with E-state index in [1.165, 1.54) is 23.4 Å². The molecule has 0 unspecified atom stereocenters. The molecule has 5 nitrogen and oxygen atoms in total. The van der Waals surface area contributed by atoms with Gasteiger partial charge in [0, 0.05) is 50.0 Å². The number of nitrogens with one attached hydrogen (secondary N) is 1. The van der Waals surface area contributed by atoms with Crippen molar-refractivity contribution in [3.05, 3.63) is 59.2 Å². The molecule has 0 radical (unpaired) electrons. The van der Waals surface area contributed by atoms with Crippen LogP contribution < -0.4 is 10.2 Å². The number of piperidine rings is 2. The van der Waals surface area contributed by atoms with Crippen LogP contribution in [0.15, 0.2) is 42.5 Å². The van der Waals surface area contributed by atoms with E-state index in [9.17, 15) is 18.0 Å². The van der Waals surface area contributed by atoms with Crippen LogP contribution in [0.25, 0.3) is 0 Å². The average molecular weight is 513 g/mol. The van der Waals surface area contributed by atoms with Gasteiger partial charge in [0.15, 0.2) is 0 Å². The van der Waals surface area contributed by atoms with Crippen molar-refractivity contribution in [3.63, 3.8) is 0 Å². The molecule has 4 rings (SSSR count). The highest BCUT2D eigenvalue weighted by atomic mass is 19.4. The zero-order valence-corrected chi connectivity index (χ0v) is 21.4. The van der Waals surface area contributed by atoms with Gasteiger partial charge in [0.2, 0.25) is 5.91 Å². The molecule has 1 N–H and O–H groups in total. The number of benzene rings is 2. The highest BCUT2D eigenvalue weighted by molar-refractivity contribution is 5.76. The molecule has 2 aliphatic heterocycles. The second-order valence-electron chi connectivity index (χ2n) is 10.3. The van der Waals surface area contributed by atoms with Crippen LogP contribution in [0, 0.1) is 24.2 Å². The van der Waals surface area contributed by atoms with Gasteiger partial charge in [-0.1, -0.05) is 17.7 Å². The zero-order chi connectivity index (χ0) is 26.4. The van der Waals surface area contributed by atoms with Crippen molar-refractivity contribution in [3.8, 4) is 6.07 Å². The predicted molar refractivity (Wildman–Crippen MR) is 139 cm³/mol. The van der Waals surface area contributed by atoms with E-state index in [0.717, 1.165) is 44.8 Å². The molecule has 2 saturated heterocycles. The van der Waals surface area contributed by atoms with Crippen LogP contribution in [0.1, 0.15) is 61.6 Å². The number of hydrogen-bond acceptors (Lipinski definition) is 4. The van der Waals surface area contributed by atoms with E-state index < -0.39 is 11.7 Å². The molecular weight excluding hydrogens is 477 g/mol. The molecule has 0 aliphatic carbocycles. The standard InChI is InChI=1S/C29H35F3N4O/c1-21-5-9-26(10-6-21)35-15-11-22(12-16-35)3-2-4-28(37)36-17-13-24(14-18-36)34-25-8-7-23(20-33)27(19-25)29(30,31)32/h5-10,19,22,24,34H,2-4,11-18H2,1H3. The van der Waals surface area contributed by atoms with Gasteiger partial charge in [-0.05, 0) is 81.7 Å². The Morgan fingerprint density at radius 1 is 1.03 bits per heavy atom. The number of carbonyl (C=O) groups excluding carboxylic acids is 1. The van der Waals surface area contributed by atoms with Gasteiger partial charge in [-0.2, -0.15) is 18.4 Å². The molecule has 0 spiro atoms. The Balaban J connectivity index is 1.16. The molecule has 0 bridgehead atoms. The van der Waals surface area contributed by atoms with E-state index in [-0.39, 0.29) is 17.5 Å². The summed E-state index contributed by atoms with van der Waals surface area (Å²) >= 11 is 0. The molecule has 1 amide bonds. The molecule has 2 aliphatic rings. The summed E-state index contributed by atoms with van der Waals surface area (Å²) in [6.07, 6.45) is 1.64. The lowest BCUT2D eigenvalue weighted by Gasteiger charge is -2.34. The van der Waals surface area contributed by atoms with E-state index >= 15 is 0 Å². The lowest BCUT2D eigenvalue weighted by molar-refractivity contribution is -0.137. The van der Waals surface area contributed by atoms with Crippen LogP contribution >= 0.6 is 0 Å². The first-order chi connectivity index (χ1) is 17.7. The highest BCUT2D eigenvalue weighted by Gasteiger charge is 2.34. The van der Waals surface area contributed by atoms with Crippen LogP contribution in [0.5, 0.6) is 0 Å². The summed E-state index contributed by atoms with van der Waals surface area (Å²) in [7, 11) is 0. The van der Waals surface area contributed by atoms with Crippen LogP contribution in [0.2, 0.25) is 0 Å². The maximum atomic E-state index is 13.2. The summed E-state index contributed by atoms with van der Waals surface area (Å²) in [4.78, 5) is 17.1. The summed E-state index contributed by atoms with van der Waals surface area (Å²) in [5, 5.41) is 12.1. The number of aryl methyl sites for hydroxylation is 1. The number of amides is 1. The molecular formula is C29H35F3N4O. The number of likely N-dealkylation sites (tertiary alicyclic amines) is 1. The van der Waals surface area contributed by atoms with Crippen LogP contribution in [-0.4, -0.2) is 43.0 Å². The van der Waals surface area contributed by atoms with Crippen molar-refractivity contribution in [1.82, 2.24) is 4.90 Å². The number of nitriles is 1. The third-order valence-electron chi connectivity index (χ3n) is 7.68. The van der Waals surface area contributed by atoms with Gasteiger partial charge >= 0.3 is 6.18 Å². The Hall–Kier alpha value is -3.21. The van der Waals surface area contributed by atoms with Crippen molar-refractivity contribution in [2.75, 3.05) is 36.4 Å². The third-order valence-corrected chi connectivity index (χ3v) is 7.68. The molecule has 0 saturated carbocycles. The fraction of sp³-hybridized carbons (Fsp3) is 0.517. The lowest BCUT2D eigenvalue weighted by Crippen LogP contribution is -2.42. The monoisotopic (exact) mass is 512 g/mol. The Bertz CT molecular complexity index is 1090. The van der Waals surface area contributed by atoms with Gasteiger partial charge in [-0.15, -0.1) is 0 Å². The number of hydrogen-bond donors (Lipinski definition) is 1. The van der Waals surface area contributed by atoms with Crippen molar-refractivity contribution in [2.45, 2.75) is 64.1 Å². The number of alkyl halides is 3. The van der Waals surface area contributed by atoms with Gasteiger partial charge in [0.05, 0.1) is 17.2 Å². The summed E-state index contributed by atoms with van der Waals surface area (Å²) in [6.45, 7) is 5.43. The fourth-order valence-corrected chi connectivity index (χ4v) is 5.41. The third kappa shape index (κ3) is 7.18. The number of halogens is 3. The molecule has 2 aromatic rings. The van der Waals surface area contributed by atoms with E-state index in [1.54, 1.807) is 6.07 Å². The number of anilines is 2. The van der Waals surface area contributed by atoms with E-state index in [0.29, 0.717) is 44.0 Å². The quantitative estimate of drug-likeness (QED) is 0.468. The minimum atomic E-state index is -4.57. The first-order valence-corrected chi connectivity index (χ1v) is 13.2. The first-order valence-electron chi connectivity index (χ1n) is 13.2. The first kappa shape index (κ1) is 26.8. The second kappa shape index (κ2) is 11.9. The Morgan fingerprint density at radius 3 is 2.32 bits per heavy atom. The predicted octanol–water partition coefficient (Wildman–Crippen LogP) is 6.38. The average Bonchev–Trinajstić information content (AvgIpc) is 2.89. The maximum Gasteiger partial charge on any atom is 0.417 e. The van der Waals surface area contributed by atoms with Crippen molar-refractivity contribution in [2.24, 2.45) is 5.92 Å². The lowest BCUT2D eigenvalue weighted by atomic mass is 9.91. The summed E-state index contributed by atoms with van der Waals surface area (Å²) in [5.41, 5.74) is 1.61. The zero-order valence-electron chi connectivity index (χ0n) is 21.4. The van der Waals surface area contributed by atoms with Gasteiger partial charge in [-0.3, -0.25) is 4.79 Å². The van der Waals surface area contributed by atoms with Crippen LogP contribution in [0.4, 0.5) is 24.5 Å². The van der Waals surface area contributed by atoms with E-state index in [4.69, 9.17) is 5.26 Å². The minimum absolute atomic E-state index is 0.00298. The Labute approximate surface area is 217 Å². The second-order valence-corrected chi connectivity index (χ2v) is 10.3. The van der Waals surface area contributed by atoms with E-state index in [2.05, 4.69) is 41.4 Å². The molecule has 2 heterocycles. The molecule has 2 aromatic carbocycles. The molecule has 198 valence electrons. The Morgan fingerprint density at radius 2 is 1.70 bits per heavy atom. The number of nitrogens with zero attached hydrogens (tertiary/aromatic N) is 3. The highest BCUT2D eigenvalue weighted by Crippen LogP contribution is 2.34. The summed E-state index contributed by atoms with van der Waals surface area (Å²) < 4.78 is 39.7. The molecule has 2 fully saturated rings. The van der Waals surface area contributed by atoms with Gasteiger partial charge in [-0.25, -0.2) is 0 Å². The summed E-state index contributed by atoms with van der Waals surface area (Å²) in [5.74, 6) is 0.840. The van der Waals surface area contributed by atoms with Crippen molar-refractivity contribution < 1.29 is 18.0 Å². The van der Waals surface area contributed by atoms with Crippen LogP contribution in [0.3, 0.4) is 0 Å². The van der Waals surface area contributed by atoms with Gasteiger partial charge < -0.3 is 15.1 Å². The summed E-state index contributed by atoms with van der Waals surface area (Å²) in [6, 6.07) is 14.0. The fourth-order valence-electron chi connectivity index (χ4n) is 5.41. The molecule has 8 heteroatoms. The minimum Gasteiger partial charge on any atom is -0.382 e. The van der Waals surface area contributed by atoms with Gasteiger partial charge in [0.1, 0.15) is 0 Å². The van der Waals surface area contributed by atoms with Crippen molar-refractivity contribution >= 4 is 17.3 Å². The molecule has 37 heavy (non-hydrogen) atoms.